The van der Waals surface area contributed by atoms with Crippen molar-refractivity contribution < 1.29 is 89.2 Å². The smallest absolute Gasteiger partial charge is 0.270 e. The number of aliphatic carboxylic acids is 1. The topological polar surface area (TPSA) is 307 Å². The van der Waals surface area contributed by atoms with Gasteiger partial charge in [-0.25, -0.2) is 0 Å². The molecule has 0 aliphatic rings. The van der Waals surface area contributed by atoms with Crippen molar-refractivity contribution in [2.75, 3.05) is 19.6 Å². The Bertz CT molecular complexity index is 1240. The molecule has 3 aromatic rings. The zero-order valence-electron chi connectivity index (χ0n) is 21.5. The Labute approximate surface area is 264 Å². The van der Waals surface area contributed by atoms with Gasteiger partial charge in [-0.2, -0.15) is 0 Å². The Hall–Kier alpha value is -4.05. The summed E-state index contributed by atoms with van der Waals surface area (Å²) in [6, 6.07) is 16.6. The van der Waals surface area contributed by atoms with E-state index < -0.39 is 23.2 Å². The normalized spacial score (nSPS) is 9.43. The molecule has 0 atom stereocenters. The van der Waals surface area contributed by atoms with Crippen LogP contribution in [0.5, 0.6) is 17.2 Å². The third-order valence-electron chi connectivity index (χ3n) is 4.31. The fourth-order valence-corrected chi connectivity index (χ4v) is 2.58. The van der Waals surface area contributed by atoms with E-state index >= 15 is 0 Å². The van der Waals surface area contributed by atoms with Gasteiger partial charge in [0.05, 0.1) is 30.5 Å². The van der Waals surface area contributed by atoms with Crippen molar-refractivity contribution in [2.24, 2.45) is 15.0 Å². The molecule has 17 heteroatoms. The summed E-state index contributed by atoms with van der Waals surface area (Å²) in [6.45, 7) is 0.361. The van der Waals surface area contributed by atoms with Crippen LogP contribution in [0.1, 0.15) is 16.7 Å². The fourth-order valence-electron chi connectivity index (χ4n) is 2.58. The molecule has 0 aliphatic carbocycles. The van der Waals surface area contributed by atoms with Crippen LogP contribution >= 0.6 is 0 Å². The van der Waals surface area contributed by atoms with Crippen molar-refractivity contribution in [2.45, 2.75) is 0 Å². The standard InChI is InChI=1S/C16H16N2O2.C9H8N2O5.H2O.3O.2V/c19-15-7-3-1-5-13(15)11-17-9-10-18-12-14-6-2-4-8-16(14)20;12-8-2-1-7(11(15)16)3-6(8)4-10-5-9(13)14;;;;;;/h1-8,11-12,19-20H,9-10H2;1-4,12H,5H2,(H,13,14);1H2;;;;;/q;;;3*-2;;/p-4. The number of carboxylic acid groups (broad SMARTS) is 1. The number of nitrogens with zero attached hydrogens (tertiary/aromatic N) is 4. The van der Waals surface area contributed by atoms with Gasteiger partial charge in [-0.15, -0.1) is 11.5 Å². The number of non-ortho nitro benzene ring substituents is 1. The van der Waals surface area contributed by atoms with Gasteiger partial charge in [0.1, 0.15) is 0 Å². The zero-order chi connectivity index (χ0) is 26.3. The van der Waals surface area contributed by atoms with E-state index in [1.54, 1.807) is 48.8 Å². The largest absolute Gasteiger partial charge is 2.00 e. The van der Waals surface area contributed by atoms with Crippen LogP contribution in [-0.2, 0) is 58.3 Å². The number of rotatable bonds is 9. The summed E-state index contributed by atoms with van der Waals surface area (Å²) in [5.74, 6) is -1.94. The second kappa shape index (κ2) is 25.9. The van der Waals surface area contributed by atoms with Gasteiger partial charge >= 0.3 is 0 Å². The molecule has 42 heavy (non-hydrogen) atoms. The molecule has 228 valence electrons. The Morgan fingerprint density at radius 2 is 1.10 bits per heavy atom. The number of para-hydroxylation sites is 2. The van der Waals surface area contributed by atoms with Crippen molar-refractivity contribution >= 4 is 30.3 Å². The van der Waals surface area contributed by atoms with E-state index in [1.807, 2.05) is 0 Å². The SMILES string of the molecule is O.O=C([O-])CN=Cc1cc([N+](=O)[O-])ccc1[O-].[O-2].[O-2].[O-2].[O-]c1ccccc1C=NCCN=Cc1ccccc1[O-].[V].[V]. The summed E-state index contributed by atoms with van der Waals surface area (Å²) in [4.78, 5) is 31.5. The van der Waals surface area contributed by atoms with E-state index in [4.69, 9.17) is 0 Å². The molecule has 0 unspecified atom stereocenters. The minimum absolute atomic E-state index is 0. The number of hydrogen-bond donors (Lipinski definition) is 0. The summed E-state index contributed by atoms with van der Waals surface area (Å²) in [5, 5.41) is 54.4. The maximum atomic E-state index is 11.4. The van der Waals surface area contributed by atoms with E-state index in [9.17, 15) is 35.3 Å². The first-order valence-corrected chi connectivity index (χ1v) is 10.4. The zero-order valence-corrected chi connectivity index (χ0v) is 24.3. The van der Waals surface area contributed by atoms with Crippen LogP contribution in [0.4, 0.5) is 5.69 Å². The summed E-state index contributed by atoms with van der Waals surface area (Å²) < 4.78 is 0. The van der Waals surface area contributed by atoms with Gasteiger partial charge in [0, 0.05) is 67.9 Å². The third-order valence-corrected chi connectivity index (χ3v) is 4.31. The average molecular weight is 656 g/mol. The second-order valence-electron chi connectivity index (χ2n) is 6.97. The Balaban J connectivity index is -0.000000194. The van der Waals surface area contributed by atoms with Gasteiger partial charge in [0.25, 0.3) is 5.69 Å². The van der Waals surface area contributed by atoms with E-state index in [0.29, 0.717) is 24.2 Å². The van der Waals surface area contributed by atoms with Crippen molar-refractivity contribution in [1.29, 1.82) is 0 Å². The van der Waals surface area contributed by atoms with Crippen LogP contribution in [-0.4, -0.2) is 54.6 Å². The summed E-state index contributed by atoms with van der Waals surface area (Å²) >= 11 is 0. The van der Waals surface area contributed by atoms with Crippen molar-refractivity contribution in [3.63, 3.8) is 0 Å². The summed E-state index contributed by atoms with van der Waals surface area (Å²) in [5.41, 5.74) is 0.854. The molecule has 15 nitrogen and oxygen atoms in total. The summed E-state index contributed by atoms with van der Waals surface area (Å²) in [6.07, 6.45) is 4.09. The number of hydrogen-bond acceptors (Lipinski definition) is 10. The molecule has 0 aliphatic heterocycles. The van der Waals surface area contributed by atoms with Crippen molar-refractivity contribution in [1.82, 2.24) is 0 Å². The van der Waals surface area contributed by atoms with E-state index in [-0.39, 0.29) is 81.8 Å². The molecule has 0 saturated heterocycles. The van der Waals surface area contributed by atoms with Crippen LogP contribution in [0, 0.1) is 10.1 Å². The first kappa shape index (κ1) is 47.7. The quantitative estimate of drug-likeness (QED) is 0.120. The molecule has 0 aromatic heterocycles. The number of carboxylic acids is 1. The molecule has 0 bridgehead atoms. The van der Waals surface area contributed by atoms with E-state index in [1.165, 1.54) is 12.1 Å². The van der Waals surface area contributed by atoms with E-state index in [2.05, 4.69) is 15.0 Å². The molecule has 3 aromatic carbocycles. The number of benzene rings is 3. The molecule has 0 saturated carbocycles. The van der Waals surface area contributed by atoms with Crippen molar-refractivity contribution in [3.05, 3.63) is 93.5 Å². The minimum Gasteiger partial charge on any atom is -2.00 e. The molecule has 3 rings (SSSR count). The first-order chi connectivity index (χ1) is 17.3. The molecule has 2 N–H and O–H groups in total. The van der Waals surface area contributed by atoms with Gasteiger partial charge in [-0.3, -0.25) is 25.1 Å². The van der Waals surface area contributed by atoms with Gasteiger partial charge in [0.2, 0.25) is 0 Å². The third kappa shape index (κ3) is 17.6. The van der Waals surface area contributed by atoms with Crippen LogP contribution in [0.15, 0.2) is 81.7 Å². The molecular formula is C25H22N4O11V2-10. The predicted molar refractivity (Wildman–Crippen MR) is 132 cm³/mol. The number of nitro benzene ring substituents is 1. The van der Waals surface area contributed by atoms with Gasteiger partial charge < -0.3 is 47.1 Å². The van der Waals surface area contributed by atoms with Gasteiger partial charge in [-0.1, -0.05) is 60.3 Å². The molecule has 2 radical (unpaired) electrons. The Morgan fingerprint density at radius 3 is 1.50 bits per heavy atom. The van der Waals surface area contributed by atoms with Gasteiger partial charge in [0.15, 0.2) is 0 Å². The second-order valence-corrected chi connectivity index (χ2v) is 6.97. The summed E-state index contributed by atoms with van der Waals surface area (Å²) in [7, 11) is 0. The molecule has 0 fully saturated rings. The van der Waals surface area contributed by atoms with Gasteiger partial charge in [-0.05, 0) is 16.7 Å². The van der Waals surface area contributed by atoms with Crippen LogP contribution in [0.3, 0.4) is 0 Å². The molecular weight excluding hydrogens is 634 g/mol. The number of carbonyl (C=O) groups excluding carboxylic acids is 1. The number of aliphatic imine (C=N–C) groups is 3. The van der Waals surface area contributed by atoms with Crippen molar-refractivity contribution in [3.8, 4) is 17.2 Å². The number of nitro groups is 1. The van der Waals surface area contributed by atoms with Crippen LogP contribution in [0.25, 0.3) is 0 Å². The predicted octanol–water partition coefficient (Wildman–Crippen LogP) is -0.977. The fraction of sp³-hybridized carbons (Fsp3) is 0.120. The first-order valence-electron chi connectivity index (χ1n) is 10.4. The average Bonchev–Trinajstić information content (AvgIpc) is 2.84. The molecule has 0 heterocycles. The maximum Gasteiger partial charge on any atom is 0.270 e. The van der Waals surface area contributed by atoms with E-state index in [0.717, 1.165) is 24.4 Å². The molecule has 0 amide bonds. The van der Waals surface area contributed by atoms with Crippen LogP contribution < -0.4 is 20.4 Å². The number of carbonyl (C=O) groups is 1. The van der Waals surface area contributed by atoms with Crippen LogP contribution in [0.2, 0.25) is 0 Å². The monoisotopic (exact) mass is 656 g/mol. The Morgan fingerprint density at radius 1 is 0.690 bits per heavy atom. The Kier molecular flexibility index (Phi) is 29.4. The minimum atomic E-state index is -1.39. The maximum absolute atomic E-state index is 11.4. The molecule has 0 spiro atoms.